The Balaban J connectivity index is 1.32. The number of rotatable bonds is 7. The zero-order chi connectivity index (χ0) is 23.0. The van der Waals surface area contributed by atoms with E-state index in [2.05, 4.69) is 27.6 Å². The number of hydrazone groups is 1. The van der Waals surface area contributed by atoms with Gasteiger partial charge in [-0.3, -0.25) is 14.6 Å². The van der Waals surface area contributed by atoms with E-state index in [1.165, 1.54) is 11.1 Å². The van der Waals surface area contributed by atoms with E-state index in [1.807, 2.05) is 55.2 Å². The first kappa shape index (κ1) is 23.4. The summed E-state index contributed by atoms with van der Waals surface area (Å²) in [5.41, 5.74) is 4.90. The third kappa shape index (κ3) is 6.60. The lowest BCUT2D eigenvalue weighted by Crippen LogP contribution is -2.27. The zero-order valence-electron chi connectivity index (χ0n) is 19.1. The molecule has 0 radical (unpaired) electrons. The summed E-state index contributed by atoms with van der Waals surface area (Å²) in [5.74, 6) is 2.33. The highest BCUT2D eigenvalue weighted by Crippen LogP contribution is 2.30. The number of esters is 1. The summed E-state index contributed by atoms with van der Waals surface area (Å²) >= 11 is 1.96. The quantitative estimate of drug-likeness (QED) is 0.485. The number of hydrogen-bond acceptors (Lipinski definition) is 6. The molecule has 0 aromatic heterocycles. The van der Waals surface area contributed by atoms with Crippen LogP contribution in [0.25, 0.3) is 0 Å². The van der Waals surface area contributed by atoms with Gasteiger partial charge in [0, 0.05) is 42.3 Å². The van der Waals surface area contributed by atoms with Crippen LogP contribution in [-0.4, -0.2) is 54.3 Å². The van der Waals surface area contributed by atoms with E-state index in [0.717, 1.165) is 55.1 Å². The van der Waals surface area contributed by atoms with Crippen LogP contribution >= 0.6 is 11.8 Å². The Morgan fingerprint density at radius 3 is 2.70 bits per heavy atom. The number of benzene rings is 2. The summed E-state index contributed by atoms with van der Waals surface area (Å²) in [7, 11) is 0. The number of anilines is 1. The van der Waals surface area contributed by atoms with Crippen molar-refractivity contribution in [2.24, 2.45) is 11.0 Å². The third-order valence-electron chi connectivity index (χ3n) is 6.09. The fourth-order valence-corrected chi connectivity index (χ4v) is 5.16. The number of aryl methyl sites for hydroxylation is 1. The molecule has 1 unspecified atom stereocenters. The number of fused-ring (bicyclic) bond motifs is 1. The monoisotopic (exact) mass is 465 g/mol. The number of ether oxygens (including phenoxy) is 1. The molecule has 1 aliphatic carbocycles. The largest absolute Gasteiger partial charge is 0.466 e. The molecule has 0 spiro atoms. The minimum atomic E-state index is -0.123. The molecule has 4 rings (SSSR count). The van der Waals surface area contributed by atoms with Gasteiger partial charge < -0.3 is 10.1 Å². The molecule has 33 heavy (non-hydrogen) atoms. The average Bonchev–Trinajstić information content (AvgIpc) is 2.84. The van der Waals surface area contributed by atoms with Gasteiger partial charge in [-0.15, -0.1) is 0 Å². The molecule has 1 atom stereocenters. The summed E-state index contributed by atoms with van der Waals surface area (Å²) < 4.78 is 5.09. The number of thioether (sulfide) groups is 1. The fraction of sp³-hybridized carbons (Fsp3) is 0.423. The lowest BCUT2D eigenvalue weighted by atomic mass is 9.82. The summed E-state index contributed by atoms with van der Waals surface area (Å²) in [6.45, 7) is 4.23. The lowest BCUT2D eigenvalue weighted by molar-refractivity contribution is -0.144. The number of nitrogens with one attached hydrogen (secondary N) is 1. The van der Waals surface area contributed by atoms with Crippen LogP contribution in [0.5, 0.6) is 0 Å². The minimum Gasteiger partial charge on any atom is -0.466 e. The van der Waals surface area contributed by atoms with E-state index < -0.39 is 0 Å². The predicted molar refractivity (Wildman–Crippen MR) is 134 cm³/mol. The Morgan fingerprint density at radius 1 is 1.15 bits per heavy atom. The van der Waals surface area contributed by atoms with Crippen molar-refractivity contribution in [3.05, 3.63) is 64.7 Å². The molecule has 6 nitrogen and oxygen atoms in total. The van der Waals surface area contributed by atoms with Crippen molar-refractivity contribution < 1.29 is 14.3 Å². The second kappa shape index (κ2) is 11.4. The number of carbonyl (C=O) groups excluding carboxylic acids is 2. The molecule has 0 bridgehead atoms. The van der Waals surface area contributed by atoms with Crippen molar-refractivity contribution in [1.29, 1.82) is 0 Å². The predicted octanol–water partition coefficient (Wildman–Crippen LogP) is 4.38. The van der Waals surface area contributed by atoms with Gasteiger partial charge in [-0.1, -0.05) is 18.2 Å². The van der Waals surface area contributed by atoms with E-state index in [1.54, 1.807) is 0 Å². The first-order chi connectivity index (χ1) is 16.1. The molecule has 0 saturated carbocycles. The van der Waals surface area contributed by atoms with Gasteiger partial charge in [0.2, 0.25) is 0 Å². The van der Waals surface area contributed by atoms with Gasteiger partial charge in [0.15, 0.2) is 0 Å². The lowest BCUT2D eigenvalue weighted by Gasteiger charge is -2.24. The number of nitrogens with zero attached hydrogens (tertiary/aromatic N) is 2. The Hall–Kier alpha value is -2.80. The molecule has 174 valence electrons. The van der Waals surface area contributed by atoms with Gasteiger partial charge in [-0.05, 0) is 73.1 Å². The highest BCUT2D eigenvalue weighted by molar-refractivity contribution is 7.99. The number of amides is 1. The summed E-state index contributed by atoms with van der Waals surface area (Å²) in [5, 5.41) is 9.64. The second-order valence-corrected chi connectivity index (χ2v) is 9.71. The van der Waals surface area contributed by atoms with Crippen molar-refractivity contribution in [3.63, 3.8) is 0 Å². The summed E-state index contributed by atoms with van der Waals surface area (Å²) in [6, 6.07) is 13.6. The molecular weight excluding hydrogens is 434 g/mol. The maximum atomic E-state index is 12.7. The molecule has 1 saturated heterocycles. The van der Waals surface area contributed by atoms with Gasteiger partial charge in [0.1, 0.15) is 0 Å². The Kier molecular flexibility index (Phi) is 8.05. The summed E-state index contributed by atoms with van der Waals surface area (Å²) in [6.07, 6.45) is 5.08. The highest BCUT2D eigenvalue weighted by atomic mass is 32.2. The molecule has 1 aliphatic heterocycles. The van der Waals surface area contributed by atoms with Crippen LogP contribution in [0.4, 0.5) is 5.69 Å². The van der Waals surface area contributed by atoms with Crippen LogP contribution in [-0.2, 0) is 22.4 Å². The molecule has 7 heteroatoms. The first-order valence-corrected chi connectivity index (χ1v) is 12.8. The van der Waals surface area contributed by atoms with Crippen molar-refractivity contribution in [2.45, 2.75) is 32.6 Å². The van der Waals surface area contributed by atoms with Gasteiger partial charge in [0.25, 0.3) is 5.91 Å². The van der Waals surface area contributed by atoms with Crippen molar-refractivity contribution in [1.82, 2.24) is 5.01 Å². The van der Waals surface area contributed by atoms with Gasteiger partial charge >= 0.3 is 5.97 Å². The number of carbonyl (C=O) groups is 2. The third-order valence-corrected chi connectivity index (χ3v) is 7.03. The zero-order valence-corrected chi connectivity index (χ0v) is 19.9. The molecule has 1 fully saturated rings. The van der Waals surface area contributed by atoms with Gasteiger partial charge in [-0.2, -0.15) is 16.9 Å². The van der Waals surface area contributed by atoms with Crippen LogP contribution in [0, 0.1) is 5.92 Å². The smallest absolute Gasteiger partial charge is 0.306 e. The van der Waals surface area contributed by atoms with E-state index in [9.17, 15) is 9.59 Å². The molecule has 2 aromatic carbocycles. The molecule has 1 amide bonds. The van der Waals surface area contributed by atoms with Crippen LogP contribution in [0.1, 0.15) is 46.8 Å². The summed E-state index contributed by atoms with van der Waals surface area (Å²) in [4.78, 5) is 24.5. The molecule has 1 heterocycles. The van der Waals surface area contributed by atoms with E-state index >= 15 is 0 Å². The van der Waals surface area contributed by atoms with E-state index in [0.29, 0.717) is 24.5 Å². The van der Waals surface area contributed by atoms with Crippen molar-refractivity contribution in [3.8, 4) is 0 Å². The maximum Gasteiger partial charge on any atom is 0.306 e. The first-order valence-electron chi connectivity index (χ1n) is 11.7. The van der Waals surface area contributed by atoms with Crippen molar-refractivity contribution >= 4 is 35.5 Å². The standard InChI is InChI=1S/C26H31N3O3S/c1-2-32-25(30)16-20-5-8-23-17-24(10-9-22(23)15-20)28-26(31)21-6-3-19(4-7-21)18-27-29-11-13-33-14-12-29/h3-4,6-7,9-10,17-18,20H,2,5,8,11-16H2,1H3,(H,28,31)/b27-18+. The Morgan fingerprint density at radius 2 is 1.94 bits per heavy atom. The Labute approximate surface area is 199 Å². The van der Waals surface area contributed by atoms with Crippen LogP contribution in [0.2, 0.25) is 0 Å². The normalized spacial score (nSPS) is 18.1. The molecule has 1 N–H and O–H groups in total. The van der Waals surface area contributed by atoms with Crippen LogP contribution < -0.4 is 5.32 Å². The molecule has 2 aliphatic rings. The average molecular weight is 466 g/mol. The SMILES string of the molecule is CCOC(=O)CC1CCc2cc(NC(=O)c3ccc(/C=N/N4CCSCC4)cc3)ccc2C1. The number of hydrogen-bond donors (Lipinski definition) is 1. The Bertz CT molecular complexity index is 1000. The van der Waals surface area contributed by atoms with Gasteiger partial charge in [-0.25, -0.2) is 0 Å². The van der Waals surface area contributed by atoms with Crippen LogP contribution in [0.3, 0.4) is 0 Å². The van der Waals surface area contributed by atoms with Crippen molar-refractivity contribution in [2.75, 3.05) is 36.5 Å². The molecule has 2 aromatic rings. The minimum absolute atomic E-state index is 0.113. The highest BCUT2D eigenvalue weighted by Gasteiger charge is 2.22. The van der Waals surface area contributed by atoms with E-state index in [-0.39, 0.29) is 11.9 Å². The van der Waals surface area contributed by atoms with E-state index in [4.69, 9.17) is 4.74 Å². The van der Waals surface area contributed by atoms with Crippen LogP contribution in [0.15, 0.2) is 47.6 Å². The second-order valence-electron chi connectivity index (χ2n) is 8.49. The fourth-order valence-electron chi connectivity index (χ4n) is 4.28. The molecular formula is C26H31N3O3S. The topological polar surface area (TPSA) is 71.0 Å². The maximum absolute atomic E-state index is 12.7. The van der Waals surface area contributed by atoms with Gasteiger partial charge in [0.05, 0.1) is 12.8 Å².